The second-order valence-electron chi connectivity index (χ2n) is 6.96. The first-order valence-electron chi connectivity index (χ1n) is 10.5. The third-order valence-electron chi connectivity index (χ3n) is 4.96. The predicted molar refractivity (Wildman–Crippen MR) is 122 cm³/mol. The van der Waals surface area contributed by atoms with Gasteiger partial charge in [0.25, 0.3) is 0 Å². The number of ether oxygens (including phenoxy) is 2. The SMILES string of the molecule is CCOc1cc(-c2ccccc2)nn1CCOc1ccc(CN(CC)CC)cc1Cl. The average molecular weight is 428 g/mol. The molecule has 0 aliphatic carbocycles. The van der Waals surface area contributed by atoms with Crippen molar-refractivity contribution in [2.45, 2.75) is 33.9 Å². The van der Waals surface area contributed by atoms with Crippen molar-refractivity contribution in [2.75, 3.05) is 26.3 Å². The zero-order chi connectivity index (χ0) is 21.3. The molecule has 0 aliphatic heterocycles. The van der Waals surface area contributed by atoms with Crippen LogP contribution in [0.25, 0.3) is 11.3 Å². The number of benzene rings is 2. The summed E-state index contributed by atoms with van der Waals surface area (Å²) in [6, 6.07) is 18.1. The Morgan fingerprint density at radius 3 is 2.40 bits per heavy atom. The molecule has 0 N–H and O–H groups in total. The van der Waals surface area contributed by atoms with Crippen molar-refractivity contribution < 1.29 is 9.47 Å². The fourth-order valence-electron chi connectivity index (χ4n) is 3.28. The van der Waals surface area contributed by atoms with Crippen molar-refractivity contribution >= 4 is 11.6 Å². The monoisotopic (exact) mass is 427 g/mol. The maximum atomic E-state index is 6.46. The predicted octanol–water partition coefficient (Wildman–Crippen LogP) is 5.52. The first-order chi connectivity index (χ1) is 14.6. The van der Waals surface area contributed by atoms with Gasteiger partial charge in [-0.25, -0.2) is 4.68 Å². The van der Waals surface area contributed by atoms with Crippen molar-refractivity contribution in [2.24, 2.45) is 0 Å². The van der Waals surface area contributed by atoms with E-state index in [9.17, 15) is 0 Å². The van der Waals surface area contributed by atoms with Gasteiger partial charge in [0.2, 0.25) is 5.88 Å². The maximum absolute atomic E-state index is 6.46. The molecule has 0 fully saturated rings. The van der Waals surface area contributed by atoms with Gasteiger partial charge in [0.05, 0.1) is 23.9 Å². The van der Waals surface area contributed by atoms with Crippen LogP contribution in [0.4, 0.5) is 0 Å². The Labute approximate surface area is 184 Å². The van der Waals surface area contributed by atoms with Crippen LogP contribution >= 0.6 is 11.6 Å². The molecule has 0 atom stereocenters. The summed E-state index contributed by atoms with van der Waals surface area (Å²) in [6.45, 7) is 10.8. The summed E-state index contributed by atoms with van der Waals surface area (Å²) >= 11 is 6.46. The Morgan fingerprint density at radius 1 is 0.967 bits per heavy atom. The van der Waals surface area contributed by atoms with E-state index >= 15 is 0 Å². The maximum Gasteiger partial charge on any atom is 0.212 e. The number of hydrogen-bond acceptors (Lipinski definition) is 4. The largest absolute Gasteiger partial charge is 0.490 e. The molecular formula is C24H30ClN3O2. The Hall–Kier alpha value is -2.50. The van der Waals surface area contributed by atoms with E-state index in [0.717, 1.165) is 36.8 Å². The minimum Gasteiger partial charge on any atom is -0.490 e. The number of hydrogen-bond donors (Lipinski definition) is 0. The van der Waals surface area contributed by atoms with E-state index in [0.29, 0.717) is 30.5 Å². The molecule has 30 heavy (non-hydrogen) atoms. The summed E-state index contributed by atoms with van der Waals surface area (Å²) < 4.78 is 13.5. The van der Waals surface area contributed by atoms with E-state index < -0.39 is 0 Å². The standard InChI is InChI=1S/C24H30ClN3O2/c1-4-27(5-2)18-19-12-13-23(21(25)16-19)30-15-14-28-24(29-6-3)17-22(26-28)20-10-8-7-9-11-20/h7-13,16-17H,4-6,14-15,18H2,1-3H3. The highest BCUT2D eigenvalue weighted by Crippen LogP contribution is 2.27. The highest BCUT2D eigenvalue weighted by molar-refractivity contribution is 6.32. The molecule has 1 aromatic heterocycles. The average Bonchev–Trinajstić information content (AvgIpc) is 3.17. The third kappa shape index (κ3) is 5.77. The molecule has 0 saturated carbocycles. The van der Waals surface area contributed by atoms with Gasteiger partial charge in [0.15, 0.2) is 0 Å². The number of aromatic nitrogens is 2. The topological polar surface area (TPSA) is 39.5 Å². The fourth-order valence-corrected chi connectivity index (χ4v) is 3.54. The molecule has 160 valence electrons. The molecule has 0 bridgehead atoms. The van der Waals surface area contributed by atoms with E-state index in [-0.39, 0.29) is 0 Å². The molecule has 0 radical (unpaired) electrons. The van der Waals surface area contributed by atoms with Gasteiger partial charge in [-0.2, -0.15) is 5.10 Å². The fraction of sp³-hybridized carbons (Fsp3) is 0.375. The van der Waals surface area contributed by atoms with Gasteiger partial charge in [-0.1, -0.05) is 61.8 Å². The lowest BCUT2D eigenvalue weighted by Crippen LogP contribution is -2.22. The number of halogens is 1. The smallest absolute Gasteiger partial charge is 0.212 e. The zero-order valence-corrected chi connectivity index (χ0v) is 18.7. The third-order valence-corrected chi connectivity index (χ3v) is 5.26. The van der Waals surface area contributed by atoms with E-state index in [2.05, 4.69) is 24.8 Å². The van der Waals surface area contributed by atoms with Crippen LogP contribution in [0.2, 0.25) is 5.02 Å². The molecule has 1 heterocycles. The first-order valence-corrected chi connectivity index (χ1v) is 10.9. The van der Waals surface area contributed by atoms with E-state index in [1.807, 2.05) is 60.1 Å². The van der Waals surface area contributed by atoms with Crippen molar-refractivity contribution in [3.63, 3.8) is 0 Å². The number of nitrogens with zero attached hydrogens (tertiary/aromatic N) is 3. The summed E-state index contributed by atoms with van der Waals surface area (Å²) in [7, 11) is 0. The molecule has 0 amide bonds. The Bertz CT molecular complexity index is 923. The second-order valence-corrected chi connectivity index (χ2v) is 7.37. The lowest BCUT2D eigenvalue weighted by Gasteiger charge is -2.18. The lowest BCUT2D eigenvalue weighted by molar-refractivity contribution is 0.260. The van der Waals surface area contributed by atoms with Gasteiger partial charge in [0, 0.05) is 18.2 Å². The molecule has 3 rings (SSSR count). The molecule has 5 nitrogen and oxygen atoms in total. The van der Waals surface area contributed by atoms with Crippen LogP contribution in [0.5, 0.6) is 11.6 Å². The Balaban J connectivity index is 1.64. The van der Waals surface area contributed by atoms with Crippen LogP contribution in [-0.2, 0) is 13.1 Å². The molecule has 3 aromatic rings. The van der Waals surface area contributed by atoms with Crippen molar-refractivity contribution in [1.82, 2.24) is 14.7 Å². The van der Waals surface area contributed by atoms with E-state index in [1.54, 1.807) is 0 Å². The first kappa shape index (κ1) is 22.2. The van der Waals surface area contributed by atoms with Crippen LogP contribution in [0, 0.1) is 0 Å². The minimum absolute atomic E-state index is 0.449. The normalized spacial score (nSPS) is 11.1. The summed E-state index contributed by atoms with van der Waals surface area (Å²) in [5.74, 6) is 1.42. The van der Waals surface area contributed by atoms with Crippen LogP contribution in [0.3, 0.4) is 0 Å². The van der Waals surface area contributed by atoms with Gasteiger partial charge in [-0.15, -0.1) is 0 Å². The molecule has 6 heteroatoms. The van der Waals surface area contributed by atoms with Gasteiger partial charge in [-0.3, -0.25) is 4.90 Å². The Morgan fingerprint density at radius 2 is 1.73 bits per heavy atom. The van der Waals surface area contributed by atoms with Crippen LogP contribution in [-0.4, -0.2) is 41.0 Å². The minimum atomic E-state index is 0.449. The highest BCUT2D eigenvalue weighted by Gasteiger charge is 2.11. The molecular weight excluding hydrogens is 398 g/mol. The summed E-state index contributed by atoms with van der Waals surface area (Å²) in [4.78, 5) is 2.35. The van der Waals surface area contributed by atoms with Crippen LogP contribution in [0.1, 0.15) is 26.3 Å². The van der Waals surface area contributed by atoms with Gasteiger partial charge in [0.1, 0.15) is 12.4 Å². The molecule has 0 saturated heterocycles. The molecule has 0 spiro atoms. The van der Waals surface area contributed by atoms with E-state index in [1.165, 1.54) is 5.56 Å². The van der Waals surface area contributed by atoms with Crippen molar-refractivity contribution in [3.8, 4) is 22.9 Å². The Kier molecular flexibility index (Phi) is 8.17. The molecule has 0 unspecified atom stereocenters. The summed E-state index contributed by atoms with van der Waals surface area (Å²) in [5.41, 5.74) is 3.14. The van der Waals surface area contributed by atoms with Crippen LogP contribution in [0.15, 0.2) is 54.6 Å². The highest BCUT2D eigenvalue weighted by atomic mass is 35.5. The zero-order valence-electron chi connectivity index (χ0n) is 18.0. The summed E-state index contributed by atoms with van der Waals surface area (Å²) in [5, 5.41) is 5.33. The van der Waals surface area contributed by atoms with Crippen LogP contribution < -0.4 is 9.47 Å². The van der Waals surface area contributed by atoms with Gasteiger partial charge < -0.3 is 9.47 Å². The quantitative estimate of drug-likeness (QED) is 0.403. The van der Waals surface area contributed by atoms with E-state index in [4.69, 9.17) is 26.2 Å². The second kappa shape index (κ2) is 11.0. The van der Waals surface area contributed by atoms with Gasteiger partial charge >= 0.3 is 0 Å². The van der Waals surface area contributed by atoms with Gasteiger partial charge in [-0.05, 0) is 37.7 Å². The van der Waals surface area contributed by atoms with Crippen molar-refractivity contribution in [3.05, 3.63) is 65.2 Å². The molecule has 0 aliphatic rings. The number of rotatable bonds is 11. The summed E-state index contributed by atoms with van der Waals surface area (Å²) in [6.07, 6.45) is 0. The molecule has 2 aromatic carbocycles. The van der Waals surface area contributed by atoms with Crippen molar-refractivity contribution in [1.29, 1.82) is 0 Å². The lowest BCUT2D eigenvalue weighted by atomic mass is 10.2.